The fourth-order valence-electron chi connectivity index (χ4n) is 2.10. The lowest BCUT2D eigenvalue weighted by atomic mass is 9.99. The van der Waals surface area contributed by atoms with Crippen LogP contribution in [0.1, 0.15) is 28.4 Å². The van der Waals surface area contributed by atoms with Crippen LogP contribution in [0.25, 0.3) is 0 Å². The maximum Gasteiger partial charge on any atom is 0.418 e. The Morgan fingerprint density at radius 2 is 1.79 bits per heavy atom. The van der Waals surface area contributed by atoms with Crippen molar-refractivity contribution in [2.75, 3.05) is 5.43 Å². The molecule has 0 unspecified atom stereocenters. The Morgan fingerprint density at radius 3 is 2.38 bits per heavy atom. The Bertz CT molecular complexity index is 788. The number of rotatable bonds is 4. The Hall–Kier alpha value is -2.87. The molecule has 0 bridgehead atoms. The zero-order chi connectivity index (χ0) is 17.9. The topological polar surface area (TPSA) is 81.4 Å². The highest BCUT2D eigenvalue weighted by Crippen LogP contribution is 2.35. The second kappa shape index (κ2) is 6.71. The number of anilines is 1. The first kappa shape index (κ1) is 17.5. The van der Waals surface area contributed by atoms with E-state index in [1.165, 1.54) is 30.3 Å². The van der Waals surface area contributed by atoms with E-state index in [4.69, 9.17) is 10.6 Å². The summed E-state index contributed by atoms with van der Waals surface area (Å²) in [6, 6.07) is 8.76. The number of carbonyl (C=O) groups is 2. The number of para-hydroxylation sites is 1. The van der Waals surface area contributed by atoms with Gasteiger partial charge in [0.15, 0.2) is 5.78 Å². The molecule has 126 valence electrons. The average molecular weight is 338 g/mol. The summed E-state index contributed by atoms with van der Waals surface area (Å²) >= 11 is 0. The van der Waals surface area contributed by atoms with Gasteiger partial charge in [-0.1, -0.05) is 12.1 Å². The molecule has 0 aromatic heterocycles. The van der Waals surface area contributed by atoms with Crippen molar-refractivity contribution in [2.24, 2.45) is 5.84 Å². The van der Waals surface area contributed by atoms with Gasteiger partial charge in [-0.3, -0.25) is 15.4 Å². The van der Waals surface area contributed by atoms with Crippen molar-refractivity contribution in [3.8, 4) is 5.75 Å². The molecule has 24 heavy (non-hydrogen) atoms. The summed E-state index contributed by atoms with van der Waals surface area (Å²) in [5, 5.41) is 0. The predicted molar refractivity (Wildman–Crippen MR) is 80.4 cm³/mol. The molecule has 2 aromatic rings. The molecule has 0 atom stereocenters. The lowest BCUT2D eigenvalue weighted by molar-refractivity contribution is -0.137. The molecule has 0 amide bonds. The molecular formula is C16H13F3N2O3. The van der Waals surface area contributed by atoms with E-state index in [1.54, 1.807) is 0 Å². The maximum absolute atomic E-state index is 13.1. The van der Waals surface area contributed by atoms with Crippen molar-refractivity contribution in [1.29, 1.82) is 0 Å². The van der Waals surface area contributed by atoms with Gasteiger partial charge in [0, 0.05) is 12.5 Å². The lowest BCUT2D eigenvalue weighted by Gasteiger charge is -2.14. The van der Waals surface area contributed by atoms with Gasteiger partial charge in [-0.05, 0) is 30.3 Å². The van der Waals surface area contributed by atoms with E-state index in [0.29, 0.717) is 6.07 Å². The van der Waals surface area contributed by atoms with E-state index >= 15 is 0 Å². The lowest BCUT2D eigenvalue weighted by Crippen LogP contribution is -2.16. The van der Waals surface area contributed by atoms with Gasteiger partial charge in [-0.25, -0.2) is 0 Å². The van der Waals surface area contributed by atoms with Crippen molar-refractivity contribution < 1.29 is 27.5 Å². The van der Waals surface area contributed by atoms with Crippen LogP contribution in [0, 0.1) is 0 Å². The molecule has 0 heterocycles. The largest absolute Gasteiger partial charge is 0.426 e. The summed E-state index contributed by atoms with van der Waals surface area (Å²) in [5.74, 6) is 3.70. The number of esters is 1. The highest BCUT2D eigenvalue weighted by Gasteiger charge is 2.34. The molecule has 0 spiro atoms. The molecule has 3 N–H and O–H groups in total. The number of hydrogen-bond acceptors (Lipinski definition) is 5. The molecule has 5 nitrogen and oxygen atoms in total. The molecule has 0 aliphatic carbocycles. The number of ether oxygens (including phenoxy) is 1. The Morgan fingerprint density at radius 1 is 1.12 bits per heavy atom. The van der Waals surface area contributed by atoms with Gasteiger partial charge >= 0.3 is 12.1 Å². The zero-order valence-corrected chi connectivity index (χ0v) is 12.5. The van der Waals surface area contributed by atoms with Crippen molar-refractivity contribution in [2.45, 2.75) is 13.1 Å². The first-order chi connectivity index (χ1) is 11.2. The summed E-state index contributed by atoms with van der Waals surface area (Å²) in [6.07, 6.45) is -4.69. The predicted octanol–water partition coefficient (Wildman–Crippen LogP) is 3.15. The standard InChI is InChI=1S/C16H13F3N2O3/c1-9(22)24-14-5-3-2-4-11(14)15(23)10-6-7-13(21-20)12(8-10)16(17,18)19/h2-8,21H,20H2,1H3. The van der Waals surface area contributed by atoms with Gasteiger partial charge in [0.1, 0.15) is 5.75 Å². The highest BCUT2D eigenvalue weighted by molar-refractivity contribution is 6.11. The first-order valence-electron chi connectivity index (χ1n) is 6.74. The number of hydrogen-bond donors (Lipinski definition) is 2. The van der Waals surface area contributed by atoms with Crippen molar-refractivity contribution in [3.63, 3.8) is 0 Å². The molecule has 0 aliphatic rings. The molecule has 2 rings (SSSR count). The molecule has 0 saturated heterocycles. The van der Waals surface area contributed by atoms with Crippen LogP contribution in [0.4, 0.5) is 18.9 Å². The number of carbonyl (C=O) groups excluding carboxylic acids is 2. The van der Waals surface area contributed by atoms with Crippen molar-refractivity contribution >= 4 is 17.4 Å². The van der Waals surface area contributed by atoms with Crippen LogP contribution in [0.5, 0.6) is 5.75 Å². The van der Waals surface area contributed by atoms with Crippen LogP contribution in [0.2, 0.25) is 0 Å². The molecule has 2 aromatic carbocycles. The summed E-state index contributed by atoms with van der Waals surface area (Å²) in [6.45, 7) is 1.16. The van der Waals surface area contributed by atoms with Crippen LogP contribution >= 0.6 is 0 Å². The number of nitrogen functional groups attached to an aromatic ring is 1. The fourth-order valence-corrected chi connectivity index (χ4v) is 2.10. The minimum atomic E-state index is -4.69. The van der Waals surface area contributed by atoms with Crippen LogP contribution in [-0.4, -0.2) is 11.8 Å². The smallest absolute Gasteiger partial charge is 0.418 e. The van der Waals surface area contributed by atoms with Gasteiger partial charge in [-0.15, -0.1) is 0 Å². The number of nitrogens with one attached hydrogen (secondary N) is 1. The third-order valence-electron chi connectivity index (χ3n) is 3.13. The number of hydrazine groups is 1. The minimum Gasteiger partial charge on any atom is -0.426 e. The van der Waals surface area contributed by atoms with Crippen LogP contribution in [-0.2, 0) is 11.0 Å². The number of nitrogens with two attached hydrogens (primary N) is 1. The summed E-state index contributed by atoms with van der Waals surface area (Å²) < 4.78 is 44.1. The van der Waals surface area contributed by atoms with Gasteiger partial charge in [0.2, 0.25) is 0 Å². The van der Waals surface area contributed by atoms with E-state index < -0.39 is 23.5 Å². The highest BCUT2D eigenvalue weighted by atomic mass is 19.4. The van der Waals surface area contributed by atoms with Gasteiger partial charge in [0.25, 0.3) is 0 Å². The molecule has 0 saturated carbocycles. The molecule has 8 heteroatoms. The summed E-state index contributed by atoms with van der Waals surface area (Å²) in [5.41, 5.74) is 0.295. The zero-order valence-electron chi connectivity index (χ0n) is 12.5. The third kappa shape index (κ3) is 3.72. The summed E-state index contributed by atoms with van der Waals surface area (Å²) in [4.78, 5) is 23.6. The van der Waals surface area contributed by atoms with Crippen molar-refractivity contribution in [3.05, 3.63) is 59.2 Å². The Labute approximate surface area is 135 Å². The minimum absolute atomic E-state index is 0.0192. The Kier molecular flexibility index (Phi) is 4.89. The van der Waals surface area contributed by atoms with E-state index in [9.17, 15) is 22.8 Å². The second-order valence-corrected chi connectivity index (χ2v) is 4.82. The SMILES string of the molecule is CC(=O)Oc1ccccc1C(=O)c1ccc(NN)c(C(F)(F)F)c1. The van der Waals surface area contributed by atoms with Crippen LogP contribution in [0.15, 0.2) is 42.5 Å². The van der Waals surface area contributed by atoms with Gasteiger partial charge in [0.05, 0.1) is 16.8 Å². The van der Waals surface area contributed by atoms with Crippen LogP contribution < -0.4 is 16.0 Å². The van der Waals surface area contributed by atoms with E-state index in [2.05, 4.69) is 0 Å². The number of alkyl halides is 3. The summed E-state index contributed by atoms with van der Waals surface area (Å²) in [7, 11) is 0. The van der Waals surface area contributed by atoms with Crippen LogP contribution in [0.3, 0.4) is 0 Å². The molecule has 0 aliphatic heterocycles. The normalized spacial score (nSPS) is 11.0. The number of halogens is 3. The van der Waals surface area contributed by atoms with E-state index in [-0.39, 0.29) is 22.6 Å². The third-order valence-corrected chi connectivity index (χ3v) is 3.13. The van der Waals surface area contributed by atoms with E-state index in [0.717, 1.165) is 13.0 Å². The fraction of sp³-hybridized carbons (Fsp3) is 0.125. The van der Waals surface area contributed by atoms with E-state index in [1.807, 2.05) is 5.43 Å². The second-order valence-electron chi connectivity index (χ2n) is 4.82. The molecule has 0 fully saturated rings. The molecular weight excluding hydrogens is 325 g/mol. The molecule has 0 radical (unpaired) electrons. The monoisotopic (exact) mass is 338 g/mol. The first-order valence-corrected chi connectivity index (χ1v) is 6.74. The number of ketones is 1. The Balaban J connectivity index is 2.50. The van der Waals surface area contributed by atoms with Gasteiger partial charge in [-0.2, -0.15) is 13.2 Å². The quantitative estimate of drug-likeness (QED) is 0.294. The maximum atomic E-state index is 13.1. The van der Waals surface area contributed by atoms with Crippen molar-refractivity contribution in [1.82, 2.24) is 0 Å². The number of benzene rings is 2. The van der Waals surface area contributed by atoms with Gasteiger partial charge < -0.3 is 10.2 Å². The average Bonchev–Trinajstić information content (AvgIpc) is 2.52.